The minimum absolute atomic E-state index is 0. The largest absolute Gasteiger partial charge is 2.00 e. The Morgan fingerprint density at radius 2 is 1.16 bits per heavy atom. The number of rotatable bonds is 11. The number of carboxylic acids is 2. The minimum Gasteiger partial charge on any atom is -0.550 e. The van der Waals surface area contributed by atoms with Gasteiger partial charge in [-0.25, -0.2) is 0 Å². The van der Waals surface area contributed by atoms with Gasteiger partial charge >= 0.3 is 16.8 Å². The Bertz CT molecular complexity index is 1430. The van der Waals surface area contributed by atoms with Crippen molar-refractivity contribution in [3.8, 4) is 17.2 Å². The maximum Gasteiger partial charge on any atom is 2.00 e. The summed E-state index contributed by atoms with van der Waals surface area (Å²) >= 11 is 0. The van der Waals surface area contributed by atoms with Crippen LogP contribution in [0.25, 0.3) is 0 Å². The summed E-state index contributed by atoms with van der Waals surface area (Å²) in [6.07, 6.45) is 9.73. The Morgan fingerprint density at radius 3 is 1.53 bits per heavy atom. The van der Waals surface area contributed by atoms with E-state index in [2.05, 4.69) is 23.8 Å². The van der Waals surface area contributed by atoms with E-state index in [1.807, 2.05) is 56.3 Å². The molecule has 2 N–H and O–H groups in total. The summed E-state index contributed by atoms with van der Waals surface area (Å²) in [5.74, 6) is -1.03. The molecular weight excluding hydrogens is 619 g/mol. The maximum atomic E-state index is 10.6. The quantitative estimate of drug-likeness (QED) is 0.260. The first kappa shape index (κ1) is 40.8. The van der Waals surface area contributed by atoms with Crippen molar-refractivity contribution in [1.82, 2.24) is 0 Å². The number of benzene rings is 3. The number of aryl methyl sites for hydroxylation is 4. The van der Waals surface area contributed by atoms with Gasteiger partial charge in [0.15, 0.2) is 0 Å². The van der Waals surface area contributed by atoms with Crippen molar-refractivity contribution in [2.24, 2.45) is 9.98 Å². The van der Waals surface area contributed by atoms with Crippen molar-refractivity contribution in [2.45, 2.75) is 80.1 Å². The van der Waals surface area contributed by atoms with Gasteiger partial charge in [-0.1, -0.05) is 38.8 Å². The fourth-order valence-corrected chi connectivity index (χ4v) is 4.14. The van der Waals surface area contributed by atoms with Gasteiger partial charge in [-0.2, -0.15) is 0 Å². The first-order chi connectivity index (χ1) is 20.8. The van der Waals surface area contributed by atoms with Crippen LogP contribution < -0.4 is 14.9 Å². The summed E-state index contributed by atoms with van der Waals surface area (Å²) in [6.45, 7) is 10.1. The molecule has 0 aliphatic carbocycles. The zero-order chi connectivity index (χ0) is 33.2. The molecule has 0 atom stereocenters. The fraction of sp³-hybridized carbons (Fsp3) is 0.371. The van der Waals surface area contributed by atoms with Crippen LogP contribution in [0.3, 0.4) is 0 Å². The molecular formula is C35H44CoN2O7. The molecule has 45 heavy (non-hydrogen) atoms. The molecule has 3 aromatic carbocycles. The van der Waals surface area contributed by atoms with E-state index in [1.165, 1.54) is 11.1 Å². The van der Waals surface area contributed by atoms with Crippen LogP contribution in [0.2, 0.25) is 0 Å². The third kappa shape index (κ3) is 15.4. The van der Waals surface area contributed by atoms with Crippen molar-refractivity contribution in [3.05, 3.63) is 75.8 Å². The van der Waals surface area contributed by atoms with Crippen molar-refractivity contribution in [3.63, 3.8) is 0 Å². The first-order valence-corrected chi connectivity index (χ1v) is 14.6. The van der Waals surface area contributed by atoms with Gasteiger partial charge in [0.1, 0.15) is 17.2 Å². The van der Waals surface area contributed by atoms with E-state index in [9.17, 15) is 10.2 Å². The van der Waals surface area contributed by atoms with Gasteiger partial charge in [-0.3, -0.25) is 9.98 Å². The zero-order valence-electron chi connectivity index (χ0n) is 27.1. The van der Waals surface area contributed by atoms with Gasteiger partial charge in [0.2, 0.25) is 0 Å². The molecule has 0 aliphatic heterocycles. The average Bonchev–Trinajstić information content (AvgIpc) is 2.96. The molecule has 245 valence electrons. The number of carbonyl (C=O) groups is 2. The molecule has 1 radical (unpaired) electrons. The predicted molar refractivity (Wildman–Crippen MR) is 172 cm³/mol. The molecule has 0 fully saturated rings. The number of nitrogens with zero attached hydrogens (tertiary/aromatic N) is 2. The molecule has 3 aromatic rings. The normalized spacial score (nSPS) is 10.4. The maximum absolute atomic E-state index is 10.6. The van der Waals surface area contributed by atoms with Crippen molar-refractivity contribution in [2.75, 3.05) is 7.11 Å². The third-order valence-electron chi connectivity index (χ3n) is 6.29. The third-order valence-corrected chi connectivity index (χ3v) is 6.29. The van der Waals surface area contributed by atoms with Crippen LogP contribution >= 0.6 is 0 Å². The van der Waals surface area contributed by atoms with E-state index in [0.29, 0.717) is 28.3 Å². The van der Waals surface area contributed by atoms with Crippen LogP contribution in [-0.2, 0) is 39.2 Å². The van der Waals surface area contributed by atoms with Crippen molar-refractivity contribution in [1.29, 1.82) is 0 Å². The number of ether oxygens (including phenoxy) is 1. The van der Waals surface area contributed by atoms with E-state index < -0.39 is 11.9 Å². The Morgan fingerprint density at radius 1 is 0.756 bits per heavy atom. The van der Waals surface area contributed by atoms with Crippen LogP contribution in [0.4, 0.5) is 11.4 Å². The number of carboxylic acid groups (broad SMARTS) is 2. The number of carbonyl (C=O) groups excluding carboxylic acids is 2. The van der Waals surface area contributed by atoms with Crippen molar-refractivity contribution < 1.29 is 51.5 Å². The molecule has 0 saturated heterocycles. The summed E-state index contributed by atoms with van der Waals surface area (Å²) in [7, 11) is 1.61. The molecule has 0 bridgehead atoms. The van der Waals surface area contributed by atoms with Gasteiger partial charge in [-0.05, 0) is 99.9 Å². The number of aliphatic carboxylic acids is 2. The first-order valence-electron chi connectivity index (χ1n) is 14.6. The van der Waals surface area contributed by atoms with Crippen LogP contribution in [0, 0.1) is 13.8 Å². The number of hydrogen-bond donors (Lipinski definition) is 2. The van der Waals surface area contributed by atoms with Crippen LogP contribution in [-0.4, -0.2) is 41.7 Å². The molecule has 0 saturated carbocycles. The summed E-state index contributed by atoms with van der Waals surface area (Å²) in [4.78, 5) is 27.1. The molecule has 9 nitrogen and oxygen atoms in total. The number of methoxy groups -OCH3 is 1. The predicted octanol–water partition coefficient (Wildman–Crippen LogP) is 5.42. The van der Waals surface area contributed by atoms with E-state index in [0.717, 1.165) is 63.5 Å². The topological polar surface area (TPSA) is 155 Å². The van der Waals surface area contributed by atoms with Crippen LogP contribution in [0.5, 0.6) is 17.2 Å². The Balaban J connectivity index is 0.00000192. The number of aromatic hydroxyl groups is 2. The monoisotopic (exact) mass is 663 g/mol. The van der Waals surface area contributed by atoms with Crippen LogP contribution in [0.1, 0.15) is 86.8 Å². The standard InChI is InChI=1S/C31H38N2O3.2C2H4O2.Co/c1-6-8-10-23-14-21(3)30(34)25(16-23)19-32-28-13-12-27(36-5)18-29(28)33-20-26-17-24(11-9-7-2)15-22(4)31(26)35;2*1-2(3)4;/h12-20,34-35H,6-11H2,1-5H3;2*1H3,(H,3,4);/q;;;+2/p-2. The summed E-state index contributed by atoms with van der Waals surface area (Å²) in [5, 5.41) is 39.0. The van der Waals surface area contributed by atoms with Crippen LogP contribution in [0.15, 0.2) is 52.4 Å². The number of unbranched alkanes of at least 4 members (excludes halogenated alkanes) is 2. The molecule has 0 heterocycles. The minimum atomic E-state index is -1.08. The average molecular weight is 664 g/mol. The van der Waals surface area contributed by atoms with Gasteiger partial charge in [0.05, 0.1) is 18.5 Å². The molecule has 0 amide bonds. The number of phenols is 2. The second-order valence-corrected chi connectivity index (χ2v) is 10.3. The molecule has 0 spiro atoms. The van der Waals surface area contributed by atoms with Gasteiger partial charge in [-0.15, -0.1) is 0 Å². The van der Waals surface area contributed by atoms with E-state index in [4.69, 9.17) is 24.5 Å². The number of aliphatic imine (C=N–C) groups is 2. The Labute approximate surface area is 276 Å². The summed E-state index contributed by atoms with van der Waals surface area (Å²) in [6, 6.07) is 13.6. The fourth-order valence-electron chi connectivity index (χ4n) is 4.14. The van der Waals surface area contributed by atoms with E-state index in [1.54, 1.807) is 19.5 Å². The number of phenolic OH excluding ortho intramolecular Hbond substituents is 2. The van der Waals surface area contributed by atoms with E-state index >= 15 is 0 Å². The smallest absolute Gasteiger partial charge is 0.550 e. The van der Waals surface area contributed by atoms with E-state index in [-0.39, 0.29) is 28.3 Å². The van der Waals surface area contributed by atoms with Gasteiger partial charge in [0, 0.05) is 41.6 Å². The van der Waals surface area contributed by atoms with Gasteiger partial charge in [0.25, 0.3) is 0 Å². The summed E-state index contributed by atoms with van der Waals surface area (Å²) < 4.78 is 5.40. The Hall–Kier alpha value is -4.15. The zero-order valence-corrected chi connectivity index (χ0v) is 28.1. The molecule has 10 heteroatoms. The summed E-state index contributed by atoms with van der Waals surface area (Å²) in [5.41, 5.74) is 6.66. The SMILES string of the molecule is CC(=O)[O-].CC(=O)[O-].CCCCc1cc(C)c(O)c(C=Nc2ccc(OC)cc2N=Cc2cc(CCCC)cc(C)c2O)c1.[Co+2]. The second kappa shape index (κ2) is 21.5. The number of hydrogen-bond acceptors (Lipinski definition) is 9. The second-order valence-electron chi connectivity index (χ2n) is 10.3. The Kier molecular flexibility index (Phi) is 19.5. The van der Waals surface area contributed by atoms with Crippen molar-refractivity contribution >= 4 is 35.7 Å². The molecule has 3 rings (SSSR count). The van der Waals surface area contributed by atoms with Gasteiger partial charge < -0.3 is 34.8 Å². The molecule has 0 unspecified atom stereocenters. The molecule has 0 aliphatic rings. The molecule has 0 aromatic heterocycles.